The van der Waals surface area contributed by atoms with Gasteiger partial charge in [0.25, 0.3) is 0 Å². The van der Waals surface area contributed by atoms with Crippen molar-refractivity contribution < 1.29 is 0 Å². The third kappa shape index (κ3) is 2.09. The Morgan fingerprint density at radius 1 is 1.33 bits per heavy atom. The highest BCUT2D eigenvalue weighted by Gasteiger charge is 2.11. The molecule has 6 heteroatoms. The van der Waals surface area contributed by atoms with Crippen LogP contribution in [0.3, 0.4) is 0 Å². The second-order valence-electron chi connectivity index (χ2n) is 3.24. The highest BCUT2D eigenvalue weighted by atomic mass is 15.3. The van der Waals surface area contributed by atoms with E-state index in [9.17, 15) is 0 Å². The molecule has 15 heavy (non-hydrogen) atoms. The number of nitrogens with one attached hydrogen (secondary N) is 1. The molecule has 0 amide bonds. The van der Waals surface area contributed by atoms with Crippen LogP contribution in [0.2, 0.25) is 0 Å². The van der Waals surface area contributed by atoms with Crippen LogP contribution in [-0.2, 0) is 7.05 Å². The Morgan fingerprint density at radius 3 is 2.67 bits per heavy atom. The van der Waals surface area contributed by atoms with Crippen molar-refractivity contribution in [2.24, 2.45) is 7.05 Å². The number of nitrogens with zero attached hydrogens (tertiary/aromatic N) is 5. The maximum absolute atomic E-state index is 4.08. The van der Waals surface area contributed by atoms with Crippen molar-refractivity contribution in [3.05, 3.63) is 30.6 Å². The first-order valence-electron chi connectivity index (χ1n) is 4.65. The molecule has 0 aliphatic heterocycles. The zero-order valence-electron chi connectivity index (χ0n) is 8.62. The molecule has 1 unspecified atom stereocenters. The van der Waals surface area contributed by atoms with Crippen molar-refractivity contribution in [1.29, 1.82) is 0 Å². The summed E-state index contributed by atoms with van der Waals surface area (Å²) in [4.78, 5) is 8.16. The normalized spacial score (nSPS) is 12.4. The Hall–Kier alpha value is -1.98. The molecule has 0 saturated carbocycles. The maximum atomic E-state index is 4.08. The lowest BCUT2D eigenvalue weighted by molar-refractivity contribution is 0.712. The molecular weight excluding hydrogens is 192 g/mol. The predicted octanol–water partition coefficient (Wildman–Crippen LogP) is 0.778. The largest absolute Gasteiger partial charge is 0.344 e. The Balaban J connectivity index is 2.11. The van der Waals surface area contributed by atoms with Crippen LogP contribution < -0.4 is 5.32 Å². The molecule has 78 valence electrons. The Morgan fingerprint density at radius 2 is 2.07 bits per heavy atom. The van der Waals surface area contributed by atoms with Crippen LogP contribution in [0.5, 0.6) is 0 Å². The van der Waals surface area contributed by atoms with E-state index >= 15 is 0 Å². The van der Waals surface area contributed by atoms with E-state index in [0.717, 1.165) is 5.82 Å². The van der Waals surface area contributed by atoms with Crippen molar-refractivity contribution in [3.8, 4) is 0 Å². The Kier molecular flexibility index (Phi) is 2.57. The summed E-state index contributed by atoms with van der Waals surface area (Å²) in [6.45, 7) is 1.99. The van der Waals surface area contributed by atoms with Crippen molar-refractivity contribution >= 4 is 5.95 Å². The average molecular weight is 204 g/mol. The molecule has 1 atom stereocenters. The van der Waals surface area contributed by atoms with Gasteiger partial charge in [0, 0.05) is 19.4 Å². The summed E-state index contributed by atoms with van der Waals surface area (Å²) in [6.07, 6.45) is 5.05. The van der Waals surface area contributed by atoms with Crippen LogP contribution in [0.1, 0.15) is 18.8 Å². The van der Waals surface area contributed by atoms with Gasteiger partial charge in [-0.15, -0.1) is 10.2 Å². The second kappa shape index (κ2) is 4.04. The van der Waals surface area contributed by atoms with Gasteiger partial charge >= 0.3 is 0 Å². The van der Waals surface area contributed by atoms with Crippen molar-refractivity contribution in [2.75, 3.05) is 5.32 Å². The monoisotopic (exact) mass is 204 g/mol. The van der Waals surface area contributed by atoms with Gasteiger partial charge in [0.15, 0.2) is 5.82 Å². The van der Waals surface area contributed by atoms with Crippen molar-refractivity contribution in [1.82, 2.24) is 24.7 Å². The summed E-state index contributed by atoms with van der Waals surface area (Å²) in [5.41, 5.74) is 0. The van der Waals surface area contributed by atoms with E-state index in [4.69, 9.17) is 0 Å². The molecule has 0 spiro atoms. The summed E-state index contributed by atoms with van der Waals surface area (Å²) in [5, 5.41) is 11.0. The molecule has 2 rings (SSSR count). The van der Waals surface area contributed by atoms with Gasteiger partial charge in [-0.05, 0) is 13.0 Å². The van der Waals surface area contributed by atoms with Crippen LogP contribution in [0.15, 0.2) is 24.8 Å². The fraction of sp³-hybridized carbons (Fsp3) is 0.333. The number of anilines is 1. The predicted molar refractivity (Wildman–Crippen MR) is 55.1 cm³/mol. The molecule has 2 aromatic rings. The van der Waals surface area contributed by atoms with Gasteiger partial charge in [-0.2, -0.15) is 0 Å². The smallest absolute Gasteiger partial charge is 0.223 e. The molecule has 2 heterocycles. The minimum absolute atomic E-state index is 0.0277. The fourth-order valence-electron chi connectivity index (χ4n) is 1.32. The molecule has 0 aliphatic rings. The SMILES string of the molecule is CC(Nc1ncccn1)c1nncn1C. The first kappa shape index (κ1) is 9.57. The van der Waals surface area contributed by atoms with E-state index in [-0.39, 0.29) is 6.04 Å². The molecule has 0 fully saturated rings. The van der Waals surface area contributed by atoms with E-state index < -0.39 is 0 Å². The van der Waals surface area contributed by atoms with Crippen molar-refractivity contribution in [3.63, 3.8) is 0 Å². The van der Waals surface area contributed by atoms with Gasteiger partial charge < -0.3 is 9.88 Å². The molecule has 6 nitrogen and oxygen atoms in total. The van der Waals surface area contributed by atoms with Crippen molar-refractivity contribution in [2.45, 2.75) is 13.0 Å². The third-order valence-corrected chi connectivity index (χ3v) is 2.05. The molecule has 1 N–H and O–H groups in total. The van der Waals surface area contributed by atoms with Crippen LogP contribution in [-0.4, -0.2) is 24.7 Å². The van der Waals surface area contributed by atoms with Gasteiger partial charge in [-0.1, -0.05) is 0 Å². The Labute approximate surface area is 87.4 Å². The molecule has 0 radical (unpaired) electrons. The minimum Gasteiger partial charge on any atom is -0.344 e. The van der Waals surface area contributed by atoms with Crippen LogP contribution in [0.25, 0.3) is 0 Å². The number of aryl methyl sites for hydroxylation is 1. The van der Waals surface area contributed by atoms with E-state index in [2.05, 4.69) is 25.5 Å². The van der Waals surface area contributed by atoms with E-state index in [1.54, 1.807) is 24.8 Å². The number of aromatic nitrogens is 5. The van der Waals surface area contributed by atoms with Gasteiger partial charge in [-0.3, -0.25) is 0 Å². The van der Waals surface area contributed by atoms with E-state index in [0.29, 0.717) is 5.95 Å². The number of hydrogen-bond acceptors (Lipinski definition) is 5. The van der Waals surface area contributed by atoms with Gasteiger partial charge in [0.05, 0.1) is 6.04 Å². The van der Waals surface area contributed by atoms with E-state index in [1.807, 2.05) is 18.5 Å². The summed E-state index contributed by atoms with van der Waals surface area (Å²) >= 11 is 0. The third-order valence-electron chi connectivity index (χ3n) is 2.05. The zero-order valence-corrected chi connectivity index (χ0v) is 8.62. The zero-order chi connectivity index (χ0) is 10.7. The summed E-state index contributed by atoms with van der Waals surface area (Å²) in [7, 11) is 1.90. The van der Waals surface area contributed by atoms with Crippen LogP contribution in [0, 0.1) is 0 Å². The standard InChI is InChI=1S/C9H12N6/c1-7(8-14-12-6-15(8)2)13-9-10-4-3-5-11-9/h3-7H,1-2H3,(H,10,11,13). The number of hydrogen-bond donors (Lipinski definition) is 1. The maximum Gasteiger partial charge on any atom is 0.223 e. The molecule has 0 aromatic carbocycles. The molecule has 0 bridgehead atoms. The quantitative estimate of drug-likeness (QED) is 0.800. The summed E-state index contributed by atoms with van der Waals surface area (Å²) in [6, 6.07) is 1.80. The highest BCUT2D eigenvalue weighted by molar-refractivity contribution is 5.25. The summed E-state index contributed by atoms with van der Waals surface area (Å²) < 4.78 is 1.86. The topological polar surface area (TPSA) is 68.5 Å². The fourth-order valence-corrected chi connectivity index (χ4v) is 1.32. The summed E-state index contributed by atoms with van der Waals surface area (Å²) in [5.74, 6) is 1.44. The average Bonchev–Trinajstić information content (AvgIpc) is 2.66. The first-order chi connectivity index (χ1) is 7.27. The van der Waals surface area contributed by atoms with Gasteiger partial charge in [0.2, 0.25) is 5.95 Å². The minimum atomic E-state index is 0.0277. The highest BCUT2D eigenvalue weighted by Crippen LogP contribution is 2.12. The lowest BCUT2D eigenvalue weighted by atomic mass is 10.3. The molecular formula is C9H12N6. The first-order valence-corrected chi connectivity index (χ1v) is 4.65. The molecule has 2 aromatic heterocycles. The lowest BCUT2D eigenvalue weighted by Crippen LogP contribution is -2.13. The van der Waals surface area contributed by atoms with Gasteiger partial charge in [-0.25, -0.2) is 9.97 Å². The number of rotatable bonds is 3. The van der Waals surface area contributed by atoms with Crippen LogP contribution in [0.4, 0.5) is 5.95 Å². The van der Waals surface area contributed by atoms with Gasteiger partial charge in [0.1, 0.15) is 6.33 Å². The molecule has 0 saturated heterocycles. The molecule has 0 aliphatic carbocycles. The second-order valence-corrected chi connectivity index (χ2v) is 3.24. The van der Waals surface area contributed by atoms with Crippen LogP contribution >= 0.6 is 0 Å². The van der Waals surface area contributed by atoms with E-state index in [1.165, 1.54) is 0 Å². The Bertz CT molecular complexity index is 423. The lowest BCUT2D eigenvalue weighted by Gasteiger charge is -2.11.